The highest BCUT2D eigenvalue weighted by molar-refractivity contribution is 6.23. The van der Waals surface area contributed by atoms with Crippen molar-refractivity contribution >= 4 is 29.4 Å². The van der Waals surface area contributed by atoms with Crippen LogP contribution in [0.5, 0.6) is 5.75 Å². The topological polar surface area (TPSA) is 93.2 Å². The summed E-state index contributed by atoms with van der Waals surface area (Å²) in [6, 6.07) is 11.9. The lowest BCUT2D eigenvalue weighted by Gasteiger charge is -2.27. The van der Waals surface area contributed by atoms with Gasteiger partial charge in [-0.15, -0.1) is 0 Å². The number of methoxy groups -OCH3 is 1. The molecule has 2 aromatic rings. The molecule has 0 aromatic heterocycles. The van der Waals surface area contributed by atoms with Gasteiger partial charge in [-0.1, -0.05) is 0 Å². The van der Waals surface area contributed by atoms with E-state index < -0.39 is 17.9 Å². The third kappa shape index (κ3) is 4.08. The Hall–Kier alpha value is -3.68. The molecule has 4 rings (SSSR count). The predicted molar refractivity (Wildman–Crippen MR) is 115 cm³/mol. The third-order valence-corrected chi connectivity index (χ3v) is 5.61. The van der Waals surface area contributed by atoms with Crippen molar-refractivity contribution in [2.45, 2.75) is 38.3 Å². The van der Waals surface area contributed by atoms with Crippen molar-refractivity contribution in [3.05, 3.63) is 59.7 Å². The van der Waals surface area contributed by atoms with Crippen LogP contribution in [-0.4, -0.2) is 54.4 Å². The Morgan fingerprint density at radius 1 is 1.00 bits per heavy atom. The number of rotatable bonds is 7. The van der Waals surface area contributed by atoms with Crippen molar-refractivity contribution in [1.82, 2.24) is 4.90 Å². The van der Waals surface area contributed by atoms with E-state index in [2.05, 4.69) is 0 Å². The first kappa shape index (κ1) is 21.5. The summed E-state index contributed by atoms with van der Waals surface area (Å²) in [5, 5.41) is 0. The lowest BCUT2D eigenvalue weighted by molar-refractivity contribution is -0.122. The molecule has 1 saturated heterocycles. The zero-order chi connectivity index (χ0) is 22.8. The maximum Gasteiger partial charge on any atom is 0.338 e. The smallest absolute Gasteiger partial charge is 0.338 e. The van der Waals surface area contributed by atoms with Gasteiger partial charge in [-0.3, -0.25) is 14.4 Å². The second-order valence-electron chi connectivity index (χ2n) is 7.73. The van der Waals surface area contributed by atoms with Crippen LogP contribution in [0.4, 0.5) is 5.69 Å². The first-order valence-corrected chi connectivity index (χ1v) is 10.5. The van der Waals surface area contributed by atoms with Gasteiger partial charge in [0.15, 0.2) is 0 Å². The number of amides is 3. The van der Waals surface area contributed by atoms with Crippen LogP contribution >= 0.6 is 0 Å². The number of esters is 1. The predicted octanol–water partition coefficient (Wildman–Crippen LogP) is 2.81. The molecule has 2 aliphatic rings. The molecule has 1 heterocycles. The molecule has 0 spiro atoms. The maximum atomic E-state index is 13.2. The Balaban J connectivity index is 1.56. The monoisotopic (exact) mass is 436 g/mol. The minimum Gasteiger partial charge on any atom is -0.497 e. The van der Waals surface area contributed by atoms with E-state index in [4.69, 9.17) is 9.47 Å². The van der Waals surface area contributed by atoms with Crippen molar-refractivity contribution in [2.24, 2.45) is 0 Å². The summed E-state index contributed by atoms with van der Waals surface area (Å²) in [4.78, 5) is 53.8. The fourth-order valence-electron chi connectivity index (χ4n) is 3.86. The van der Waals surface area contributed by atoms with Crippen molar-refractivity contribution in [2.75, 3.05) is 18.6 Å². The number of hydrogen-bond acceptors (Lipinski definition) is 6. The minimum absolute atomic E-state index is 0.0579. The summed E-state index contributed by atoms with van der Waals surface area (Å²) >= 11 is 0. The normalized spacial score (nSPS) is 17.9. The van der Waals surface area contributed by atoms with E-state index >= 15 is 0 Å². The van der Waals surface area contributed by atoms with Gasteiger partial charge in [0.05, 0.1) is 31.4 Å². The lowest BCUT2D eigenvalue weighted by atomic mass is 10.1. The average Bonchev–Trinajstić information content (AvgIpc) is 3.59. The van der Waals surface area contributed by atoms with E-state index in [1.165, 1.54) is 24.3 Å². The van der Waals surface area contributed by atoms with Gasteiger partial charge in [0.25, 0.3) is 11.8 Å². The Kier molecular flexibility index (Phi) is 5.94. The molecule has 0 N–H and O–H groups in total. The van der Waals surface area contributed by atoms with Crippen LogP contribution < -0.4 is 9.64 Å². The van der Waals surface area contributed by atoms with Crippen molar-refractivity contribution in [3.8, 4) is 5.75 Å². The van der Waals surface area contributed by atoms with Crippen LogP contribution in [-0.2, 0) is 14.3 Å². The highest BCUT2D eigenvalue weighted by Gasteiger charge is 2.48. The maximum absolute atomic E-state index is 13.2. The molecule has 8 nitrogen and oxygen atoms in total. The molecule has 2 fully saturated rings. The van der Waals surface area contributed by atoms with Gasteiger partial charge in [0.1, 0.15) is 11.8 Å². The quantitative estimate of drug-likeness (QED) is 0.490. The van der Waals surface area contributed by atoms with Crippen LogP contribution in [0.3, 0.4) is 0 Å². The summed E-state index contributed by atoms with van der Waals surface area (Å²) in [6.07, 6.45) is 1.53. The van der Waals surface area contributed by atoms with Crippen molar-refractivity contribution < 1.29 is 28.7 Å². The molecular weight excluding hydrogens is 412 g/mol. The van der Waals surface area contributed by atoms with E-state index in [0.717, 1.165) is 17.7 Å². The zero-order valence-electron chi connectivity index (χ0n) is 17.9. The van der Waals surface area contributed by atoms with Gasteiger partial charge in [-0.25, -0.2) is 9.69 Å². The van der Waals surface area contributed by atoms with Gasteiger partial charge in [0, 0.05) is 11.6 Å². The van der Waals surface area contributed by atoms with Gasteiger partial charge >= 0.3 is 5.97 Å². The fraction of sp³-hybridized carbons (Fsp3) is 0.333. The molecule has 1 saturated carbocycles. The number of ether oxygens (including phenoxy) is 2. The molecule has 0 bridgehead atoms. The Morgan fingerprint density at radius 3 is 2.19 bits per heavy atom. The average molecular weight is 436 g/mol. The number of benzene rings is 2. The molecular formula is C24H24N2O6. The van der Waals surface area contributed by atoms with Crippen LogP contribution in [0.15, 0.2) is 48.5 Å². The molecule has 8 heteroatoms. The molecule has 3 amide bonds. The van der Waals surface area contributed by atoms with Crippen molar-refractivity contribution in [3.63, 3.8) is 0 Å². The van der Waals surface area contributed by atoms with Crippen LogP contribution in [0.25, 0.3) is 0 Å². The van der Waals surface area contributed by atoms with Gasteiger partial charge in [0.2, 0.25) is 5.91 Å². The Bertz CT molecular complexity index is 1040. The highest BCUT2D eigenvalue weighted by atomic mass is 16.5. The van der Waals surface area contributed by atoms with Crippen LogP contribution in [0, 0.1) is 0 Å². The fourth-order valence-corrected chi connectivity index (χ4v) is 3.86. The number of carbonyl (C=O) groups excluding carboxylic acids is 4. The van der Waals surface area contributed by atoms with E-state index in [9.17, 15) is 19.2 Å². The summed E-state index contributed by atoms with van der Waals surface area (Å²) in [6.45, 7) is 1.97. The summed E-state index contributed by atoms with van der Waals surface area (Å²) in [7, 11) is 1.55. The van der Waals surface area contributed by atoms with Crippen LogP contribution in [0.2, 0.25) is 0 Å². The minimum atomic E-state index is -0.852. The second-order valence-corrected chi connectivity index (χ2v) is 7.73. The lowest BCUT2D eigenvalue weighted by Crippen LogP contribution is -2.46. The van der Waals surface area contributed by atoms with Crippen LogP contribution in [0.1, 0.15) is 46.9 Å². The van der Waals surface area contributed by atoms with Gasteiger partial charge < -0.3 is 14.4 Å². The Labute approximate surface area is 185 Å². The number of anilines is 1. The zero-order valence-corrected chi connectivity index (χ0v) is 17.9. The molecule has 1 aliphatic carbocycles. The van der Waals surface area contributed by atoms with Gasteiger partial charge in [-0.2, -0.15) is 0 Å². The standard InChI is InChI=1S/C24H24N2O6/c1-3-32-24(30)16-4-8-18(9-5-16)26-21(27)14-20(23(26)29)25(17-10-11-17)22(28)15-6-12-19(31-2)13-7-15/h4-9,12-13,17,20H,3,10-11,14H2,1-2H3. The number of imide groups is 1. The largest absolute Gasteiger partial charge is 0.497 e. The van der Waals surface area contributed by atoms with E-state index in [-0.39, 0.29) is 30.9 Å². The molecule has 1 atom stereocenters. The molecule has 2 aromatic carbocycles. The molecule has 0 radical (unpaired) electrons. The number of hydrogen-bond donors (Lipinski definition) is 0. The van der Waals surface area contributed by atoms with Crippen molar-refractivity contribution in [1.29, 1.82) is 0 Å². The Morgan fingerprint density at radius 2 is 1.62 bits per heavy atom. The molecule has 1 unspecified atom stereocenters. The summed E-state index contributed by atoms with van der Waals surface area (Å²) in [5.41, 5.74) is 1.14. The van der Waals surface area contributed by atoms with E-state index in [0.29, 0.717) is 22.6 Å². The third-order valence-electron chi connectivity index (χ3n) is 5.61. The number of nitrogens with zero attached hydrogens (tertiary/aromatic N) is 2. The van der Waals surface area contributed by atoms with E-state index in [1.54, 1.807) is 43.2 Å². The molecule has 166 valence electrons. The summed E-state index contributed by atoms with van der Waals surface area (Å²) < 4.78 is 10.1. The first-order chi connectivity index (χ1) is 15.4. The molecule has 1 aliphatic heterocycles. The SMILES string of the molecule is CCOC(=O)c1ccc(N2C(=O)CC(N(C(=O)c3ccc(OC)cc3)C3CC3)C2=O)cc1. The van der Waals surface area contributed by atoms with E-state index in [1.807, 2.05) is 0 Å². The first-order valence-electron chi connectivity index (χ1n) is 10.5. The van der Waals surface area contributed by atoms with Gasteiger partial charge in [-0.05, 0) is 68.3 Å². The molecule has 32 heavy (non-hydrogen) atoms. The highest BCUT2D eigenvalue weighted by Crippen LogP contribution is 2.35. The summed E-state index contributed by atoms with van der Waals surface area (Å²) in [5.74, 6) is -0.935. The second kappa shape index (κ2) is 8.82. The number of carbonyl (C=O) groups is 4.